The first kappa shape index (κ1) is 56.7. The Morgan fingerprint density at radius 3 is 1.82 bits per heavy atom. The van der Waals surface area contributed by atoms with Gasteiger partial charge in [-0.1, -0.05) is 125 Å². The molecule has 1 heterocycles. The van der Waals surface area contributed by atoms with Gasteiger partial charge < -0.3 is 28.4 Å². The number of ether oxygens (including phenoxy) is 2. The Hall–Kier alpha value is -3.31. The molecule has 1 aromatic rings. The zero-order valence-corrected chi connectivity index (χ0v) is 40.3. The maximum atomic E-state index is 12.7. The molecule has 2 unspecified atom stereocenters. The molecule has 1 rings (SSSR count). The SMILES string of the molecule is CC/C=C\C/C=C\C/C=C\C/C=C\C/C=C\C=C/C(O)CCC(=O)O[C@H](COC(=O)CCCCCCCCCCc1oc(CCC)c(C)c1C)COP(=O)(O)OCC[N+](C)(C)C. The third kappa shape index (κ3) is 31.5. The Balaban J connectivity index is 2.43. The molecule has 0 aromatic carbocycles. The second-order valence-electron chi connectivity index (χ2n) is 16.8. The highest BCUT2D eigenvalue weighted by molar-refractivity contribution is 7.47. The van der Waals surface area contributed by atoms with Gasteiger partial charge in [-0.05, 0) is 82.8 Å². The van der Waals surface area contributed by atoms with Gasteiger partial charge in [0.05, 0.1) is 33.9 Å². The Bertz CT molecular complexity index is 1580. The van der Waals surface area contributed by atoms with Crippen LogP contribution >= 0.6 is 7.82 Å². The first-order valence-electron chi connectivity index (χ1n) is 23.1. The number of hydrogen-bond acceptors (Lipinski definition) is 9. The largest absolute Gasteiger partial charge is 0.472 e. The van der Waals surface area contributed by atoms with Gasteiger partial charge in [0.2, 0.25) is 0 Å². The lowest BCUT2D eigenvalue weighted by Gasteiger charge is -2.24. The summed E-state index contributed by atoms with van der Waals surface area (Å²) >= 11 is 0. The number of esters is 2. The van der Waals surface area contributed by atoms with E-state index in [9.17, 15) is 24.2 Å². The number of phosphoric ester groups is 1. The molecular weight excluding hydrogens is 806 g/mol. The van der Waals surface area contributed by atoms with Crippen LogP contribution in [0.5, 0.6) is 0 Å². The maximum Gasteiger partial charge on any atom is 0.472 e. The summed E-state index contributed by atoms with van der Waals surface area (Å²) in [7, 11) is 1.30. The first-order chi connectivity index (χ1) is 29.7. The van der Waals surface area contributed by atoms with Crippen molar-refractivity contribution in [2.75, 3.05) is 47.5 Å². The minimum Gasteiger partial charge on any atom is -0.466 e. The second-order valence-corrected chi connectivity index (χ2v) is 18.3. The minimum absolute atomic E-state index is 0.0210. The van der Waals surface area contributed by atoms with Gasteiger partial charge in [-0.15, -0.1) is 0 Å². The number of quaternary nitrogens is 1. The van der Waals surface area contributed by atoms with E-state index in [1.54, 1.807) is 12.2 Å². The summed E-state index contributed by atoms with van der Waals surface area (Å²) in [6.07, 6.45) is 38.5. The van der Waals surface area contributed by atoms with Gasteiger partial charge in [0.15, 0.2) is 6.10 Å². The number of phosphoric acid groups is 1. The van der Waals surface area contributed by atoms with Crippen LogP contribution in [0.15, 0.2) is 77.3 Å². The number of likely N-dealkylation sites (N-methyl/N-ethyl adjacent to an activating group) is 1. The lowest BCUT2D eigenvalue weighted by molar-refractivity contribution is -0.870. The van der Waals surface area contributed by atoms with Crippen LogP contribution in [0.1, 0.15) is 146 Å². The summed E-state index contributed by atoms with van der Waals surface area (Å²) < 4.78 is 40.3. The van der Waals surface area contributed by atoms with Crippen molar-refractivity contribution >= 4 is 19.8 Å². The van der Waals surface area contributed by atoms with E-state index in [2.05, 4.69) is 76.3 Å². The summed E-state index contributed by atoms with van der Waals surface area (Å²) in [6.45, 7) is 8.22. The van der Waals surface area contributed by atoms with Gasteiger partial charge in [0, 0.05) is 25.7 Å². The Morgan fingerprint density at radius 2 is 1.24 bits per heavy atom. The number of carbonyl (C=O) groups excluding carboxylic acids is 2. The molecule has 0 aliphatic rings. The second kappa shape index (κ2) is 35.1. The van der Waals surface area contributed by atoms with Gasteiger partial charge in [-0.3, -0.25) is 18.6 Å². The van der Waals surface area contributed by atoms with Gasteiger partial charge in [0.25, 0.3) is 0 Å². The molecule has 0 saturated carbocycles. The van der Waals surface area contributed by atoms with Crippen LogP contribution in [-0.4, -0.2) is 86.1 Å². The van der Waals surface area contributed by atoms with Crippen LogP contribution in [0.3, 0.4) is 0 Å². The van der Waals surface area contributed by atoms with Crippen molar-refractivity contribution in [2.24, 2.45) is 0 Å². The molecule has 0 fully saturated rings. The fraction of sp³-hybridized carbons (Fsp3) is 0.640. The van der Waals surface area contributed by atoms with Crippen LogP contribution < -0.4 is 0 Å². The zero-order chi connectivity index (χ0) is 45.9. The molecule has 3 atom stereocenters. The third-order valence-corrected chi connectivity index (χ3v) is 11.0. The Morgan fingerprint density at radius 1 is 0.694 bits per heavy atom. The number of rotatable bonds is 37. The van der Waals surface area contributed by atoms with Gasteiger partial charge in [-0.25, -0.2) is 4.57 Å². The average molecular weight is 889 g/mol. The molecule has 0 saturated heterocycles. The maximum absolute atomic E-state index is 12.7. The minimum atomic E-state index is -4.46. The number of nitrogens with zero attached hydrogens (tertiary/aromatic N) is 1. The van der Waals surface area contributed by atoms with E-state index < -0.39 is 38.6 Å². The van der Waals surface area contributed by atoms with E-state index in [1.165, 1.54) is 24.0 Å². The van der Waals surface area contributed by atoms with Crippen LogP contribution in [-0.2, 0) is 45.5 Å². The molecule has 0 spiro atoms. The predicted octanol–water partition coefficient (Wildman–Crippen LogP) is 11.6. The highest BCUT2D eigenvalue weighted by atomic mass is 31.2. The quantitative estimate of drug-likeness (QED) is 0.0166. The summed E-state index contributed by atoms with van der Waals surface area (Å²) in [6, 6.07) is 0. The number of hydrogen-bond donors (Lipinski definition) is 2. The highest BCUT2D eigenvalue weighted by Crippen LogP contribution is 2.43. The molecule has 0 aliphatic heterocycles. The Kier molecular flexibility index (Phi) is 32.1. The standard InChI is InChI=1S/C50H82NO10P/c1-8-10-11-12-13-14-15-16-17-18-19-20-21-24-27-30-34-45(52)37-38-50(54)60-46(42-59-62(55,56)58-40-39-51(5,6)7)41-57-49(53)36-32-29-26-23-22-25-28-31-35-48-44(4)43(3)47(61-48)33-9-2/h10-11,13-14,16-17,19-20,24,27,30,34,45-46,52H,8-9,12,15,18,21-23,25-26,28-29,31-33,35-42H2,1-7H3/p+1/b11-10-,14-13-,17-16-,20-19-,27-24-,34-30-/t45?,46-/m1/s1. The first-order valence-corrected chi connectivity index (χ1v) is 24.6. The summed E-state index contributed by atoms with van der Waals surface area (Å²) in [5.74, 6) is 1.17. The monoisotopic (exact) mass is 889 g/mol. The summed E-state index contributed by atoms with van der Waals surface area (Å²) in [4.78, 5) is 35.5. The highest BCUT2D eigenvalue weighted by Gasteiger charge is 2.27. The molecule has 0 aliphatic carbocycles. The molecule has 0 amide bonds. The zero-order valence-electron chi connectivity index (χ0n) is 39.4. The third-order valence-electron chi connectivity index (χ3n) is 10.0. The molecular formula is C50H83NO10P+. The molecule has 11 nitrogen and oxygen atoms in total. The van der Waals surface area contributed by atoms with Crippen molar-refractivity contribution in [3.63, 3.8) is 0 Å². The molecule has 0 bridgehead atoms. The predicted molar refractivity (Wildman–Crippen MR) is 252 cm³/mol. The van der Waals surface area contributed by atoms with Gasteiger partial charge in [0.1, 0.15) is 31.3 Å². The molecule has 2 N–H and O–H groups in total. The number of allylic oxidation sites excluding steroid dienone is 11. The normalized spacial score (nSPS) is 14.7. The van der Waals surface area contributed by atoms with E-state index in [-0.39, 0.29) is 32.5 Å². The van der Waals surface area contributed by atoms with Crippen molar-refractivity contribution in [1.82, 2.24) is 0 Å². The van der Waals surface area contributed by atoms with Gasteiger partial charge >= 0.3 is 19.8 Å². The van der Waals surface area contributed by atoms with E-state index >= 15 is 0 Å². The van der Waals surface area contributed by atoms with E-state index in [1.807, 2.05) is 33.3 Å². The molecule has 0 radical (unpaired) electrons. The van der Waals surface area contributed by atoms with Crippen LogP contribution in [0.2, 0.25) is 0 Å². The number of carbonyl (C=O) groups is 2. The Labute approximate surface area is 375 Å². The van der Waals surface area contributed by atoms with Crippen molar-refractivity contribution in [2.45, 2.75) is 162 Å². The van der Waals surface area contributed by atoms with Crippen LogP contribution in [0, 0.1) is 13.8 Å². The van der Waals surface area contributed by atoms with Crippen molar-refractivity contribution < 1.29 is 51.6 Å². The topological polar surface area (TPSA) is 142 Å². The summed E-state index contributed by atoms with van der Waals surface area (Å²) in [5, 5.41) is 10.4. The fourth-order valence-electron chi connectivity index (χ4n) is 6.17. The molecule has 12 heteroatoms. The smallest absolute Gasteiger partial charge is 0.466 e. The average Bonchev–Trinajstić information content (AvgIpc) is 3.48. The molecule has 62 heavy (non-hydrogen) atoms. The number of aryl methyl sites for hydroxylation is 2. The van der Waals surface area contributed by atoms with E-state index in [0.717, 1.165) is 95.0 Å². The number of unbranched alkanes of at least 4 members (excludes halogenated alkanes) is 7. The van der Waals surface area contributed by atoms with Crippen molar-refractivity contribution in [1.29, 1.82) is 0 Å². The number of aliphatic hydroxyl groups excluding tert-OH is 1. The van der Waals surface area contributed by atoms with Crippen molar-refractivity contribution in [3.05, 3.63) is 95.6 Å². The molecule has 352 valence electrons. The molecule has 1 aromatic heterocycles. The fourth-order valence-corrected chi connectivity index (χ4v) is 6.91. The number of furan rings is 1. The van der Waals surface area contributed by atoms with Crippen molar-refractivity contribution in [3.8, 4) is 0 Å². The summed E-state index contributed by atoms with van der Waals surface area (Å²) in [5.41, 5.74) is 2.61. The lowest BCUT2D eigenvalue weighted by Crippen LogP contribution is -2.37. The van der Waals surface area contributed by atoms with Gasteiger partial charge in [-0.2, -0.15) is 0 Å². The van der Waals surface area contributed by atoms with Crippen LogP contribution in [0.25, 0.3) is 0 Å². The van der Waals surface area contributed by atoms with E-state index in [4.69, 9.17) is 22.9 Å². The lowest BCUT2D eigenvalue weighted by atomic mass is 10.0. The van der Waals surface area contributed by atoms with Crippen LogP contribution in [0.4, 0.5) is 0 Å². The number of aliphatic hydroxyl groups is 1. The van der Waals surface area contributed by atoms with E-state index in [0.29, 0.717) is 17.4 Å².